The van der Waals surface area contributed by atoms with Crippen molar-refractivity contribution in [3.8, 4) is 0 Å². The average Bonchev–Trinajstić information content (AvgIpc) is 2.14. The number of aliphatic hydroxyl groups excluding tert-OH is 1. The van der Waals surface area contributed by atoms with E-state index in [1.807, 2.05) is 0 Å². The van der Waals surface area contributed by atoms with Gasteiger partial charge in [0.1, 0.15) is 0 Å². The Bertz CT molecular complexity index is 354. The van der Waals surface area contributed by atoms with Crippen LogP contribution in [0.3, 0.4) is 0 Å². The summed E-state index contributed by atoms with van der Waals surface area (Å²) in [5, 5.41) is 8.32. The van der Waals surface area contributed by atoms with E-state index in [0.717, 1.165) is 6.07 Å². The summed E-state index contributed by atoms with van der Waals surface area (Å²) < 4.78 is 37.8. The van der Waals surface area contributed by atoms with Crippen LogP contribution in [0.15, 0.2) is 18.2 Å². The van der Waals surface area contributed by atoms with Crippen molar-refractivity contribution in [1.29, 1.82) is 0 Å². The second-order valence-electron chi connectivity index (χ2n) is 2.99. The summed E-state index contributed by atoms with van der Waals surface area (Å²) in [6, 6.07) is 2.62. The molecule has 0 aliphatic carbocycles. The van der Waals surface area contributed by atoms with Crippen molar-refractivity contribution in [1.82, 2.24) is 0 Å². The third-order valence-corrected chi connectivity index (χ3v) is 2.24. The zero-order valence-corrected chi connectivity index (χ0v) is 8.31. The van der Waals surface area contributed by atoms with E-state index in [1.54, 1.807) is 0 Å². The van der Waals surface area contributed by atoms with E-state index in [4.69, 9.17) is 22.4 Å². The number of halogens is 4. The van der Waals surface area contributed by atoms with Crippen molar-refractivity contribution >= 4 is 11.6 Å². The molecule has 0 saturated heterocycles. The Kier molecular flexibility index (Phi) is 3.59. The maximum absolute atomic E-state index is 12.6. The largest absolute Gasteiger partial charge is 0.418 e. The Hall–Kier alpha value is -0.780. The number of benzene rings is 1. The Balaban J connectivity index is 3.33. The minimum atomic E-state index is -4.57. The molecule has 15 heavy (non-hydrogen) atoms. The molecule has 0 fully saturated rings. The standard InChI is InChI=1S/C9H9ClF3NO/c10-6-3-1-2-5(7(14)4-15)8(6)9(11,12)13/h1-3,7,15H,4,14H2/t7-/m1/s1. The van der Waals surface area contributed by atoms with Crippen molar-refractivity contribution in [3.05, 3.63) is 34.3 Å². The average molecular weight is 240 g/mol. The predicted octanol–water partition coefficient (Wildman–Crippen LogP) is 2.35. The van der Waals surface area contributed by atoms with Crippen LogP contribution in [0.25, 0.3) is 0 Å². The zero-order chi connectivity index (χ0) is 11.6. The third-order valence-electron chi connectivity index (χ3n) is 1.93. The second kappa shape index (κ2) is 4.38. The highest BCUT2D eigenvalue weighted by Gasteiger charge is 2.36. The summed E-state index contributed by atoms with van der Waals surface area (Å²) >= 11 is 5.46. The number of hydrogen-bond acceptors (Lipinski definition) is 2. The second-order valence-corrected chi connectivity index (χ2v) is 3.40. The van der Waals surface area contributed by atoms with Crippen molar-refractivity contribution in [2.75, 3.05) is 6.61 Å². The van der Waals surface area contributed by atoms with Crippen molar-refractivity contribution in [2.45, 2.75) is 12.2 Å². The van der Waals surface area contributed by atoms with Gasteiger partial charge in [-0.1, -0.05) is 23.7 Å². The van der Waals surface area contributed by atoms with E-state index in [1.165, 1.54) is 12.1 Å². The van der Waals surface area contributed by atoms with Gasteiger partial charge in [0, 0.05) is 0 Å². The molecule has 3 N–H and O–H groups in total. The molecule has 0 heterocycles. The van der Waals surface area contributed by atoms with Crippen LogP contribution in [0.1, 0.15) is 17.2 Å². The molecule has 84 valence electrons. The van der Waals surface area contributed by atoms with E-state index in [9.17, 15) is 13.2 Å². The van der Waals surface area contributed by atoms with Crippen LogP contribution in [-0.4, -0.2) is 11.7 Å². The van der Waals surface area contributed by atoms with Crippen molar-refractivity contribution in [3.63, 3.8) is 0 Å². The normalized spacial score (nSPS) is 14.0. The van der Waals surface area contributed by atoms with Gasteiger partial charge in [0.05, 0.1) is 23.2 Å². The molecule has 0 aliphatic rings. The molecular formula is C9H9ClF3NO. The van der Waals surface area contributed by atoms with Gasteiger partial charge in [-0.05, 0) is 11.6 Å². The molecule has 0 unspecified atom stereocenters. The molecule has 0 bridgehead atoms. The van der Waals surface area contributed by atoms with E-state index >= 15 is 0 Å². The molecule has 6 heteroatoms. The van der Waals surface area contributed by atoms with Gasteiger partial charge in [0.25, 0.3) is 0 Å². The molecule has 2 nitrogen and oxygen atoms in total. The monoisotopic (exact) mass is 239 g/mol. The van der Waals surface area contributed by atoms with Gasteiger partial charge in [-0.25, -0.2) is 0 Å². The highest BCUT2D eigenvalue weighted by molar-refractivity contribution is 6.31. The Morgan fingerprint density at radius 2 is 2.00 bits per heavy atom. The van der Waals surface area contributed by atoms with Crippen LogP contribution in [-0.2, 0) is 6.18 Å². The smallest absolute Gasteiger partial charge is 0.394 e. The Labute approximate surface area is 89.5 Å². The van der Waals surface area contributed by atoms with Gasteiger partial charge in [0.15, 0.2) is 0 Å². The number of nitrogens with two attached hydrogens (primary N) is 1. The fourth-order valence-corrected chi connectivity index (χ4v) is 1.54. The first kappa shape index (κ1) is 12.3. The fraction of sp³-hybridized carbons (Fsp3) is 0.333. The molecular weight excluding hydrogens is 231 g/mol. The van der Waals surface area contributed by atoms with E-state index in [2.05, 4.69) is 0 Å². The van der Waals surface area contributed by atoms with Crippen LogP contribution < -0.4 is 5.73 Å². The first-order valence-electron chi connectivity index (χ1n) is 4.10. The molecule has 0 aromatic heterocycles. The minimum Gasteiger partial charge on any atom is -0.394 e. The maximum Gasteiger partial charge on any atom is 0.418 e. The number of alkyl halides is 3. The molecule has 1 aromatic carbocycles. The highest BCUT2D eigenvalue weighted by Crippen LogP contribution is 2.38. The Morgan fingerprint density at radius 1 is 1.40 bits per heavy atom. The molecule has 0 saturated carbocycles. The summed E-state index contributed by atoms with van der Waals surface area (Å²) in [5.41, 5.74) is 4.18. The lowest BCUT2D eigenvalue weighted by molar-refractivity contribution is -0.138. The van der Waals surface area contributed by atoms with Gasteiger partial charge >= 0.3 is 6.18 Å². The van der Waals surface area contributed by atoms with Crippen LogP contribution >= 0.6 is 11.6 Å². The Morgan fingerprint density at radius 3 is 2.47 bits per heavy atom. The SMILES string of the molecule is N[C@H](CO)c1cccc(Cl)c1C(F)(F)F. The molecule has 0 spiro atoms. The van der Waals surface area contributed by atoms with Gasteiger partial charge in [0.2, 0.25) is 0 Å². The van der Waals surface area contributed by atoms with Gasteiger partial charge in [-0.2, -0.15) is 13.2 Å². The molecule has 1 rings (SSSR count). The van der Waals surface area contributed by atoms with E-state index in [0.29, 0.717) is 0 Å². The molecule has 1 atom stereocenters. The fourth-order valence-electron chi connectivity index (χ4n) is 1.25. The van der Waals surface area contributed by atoms with Gasteiger partial charge in [-0.3, -0.25) is 0 Å². The zero-order valence-electron chi connectivity index (χ0n) is 7.55. The van der Waals surface area contributed by atoms with Crippen LogP contribution in [0.2, 0.25) is 5.02 Å². The summed E-state index contributed by atoms with van der Waals surface area (Å²) in [7, 11) is 0. The summed E-state index contributed by atoms with van der Waals surface area (Å²) in [6.07, 6.45) is -4.57. The number of aliphatic hydroxyl groups is 1. The summed E-state index contributed by atoms with van der Waals surface area (Å²) in [6.45, 7) is -0.566. The first-order valence-corrected chi connectivity index (χ1v) is 4.47. The maximum atomic E-state index is 12.6. The number of rotatable bonds is 2. The summed E-state index contributed by atoms with van der Waals surface area (Å²) in [5.74, 6) is 0. The van der Waals surface area contributed by atoms with Crippen LogP contribution in [0.5, 0.6) is 0 Å². The predicted molar refractivity (Wildman–Crippen MR) is 50.5 cm³/mol. The lowest BCUT2D eigenvalue weighted by Gasteiger charge is -2.17. The lowest BCUT2D eigenvalue weighted by Crippen LogP contribution is -2.20. The third kappa shape index (κ3) is 2.62. The van der Waals surface area contributed by atoms with E-state index < -0.39 is 29.4 Å². The van der Waals surface area contributed by atoms with Crippen LogP contribution in [0, 0.1) is 0 Å². The lowest BCUT2D eigenvalue weighted by atomic mass is 10.0. The highest BCUT2D eigenvalue weighted by atomic mass is 35.5. The minimum absolute atomic E-state index is 0.197. The molecule has 1 aromatic rings. The first-order chi connectivity index (χ1) is 6.88. The molecule has 0 aliphatic heterocycles. The van der Waals surface area contributed by atoms with Crippen molar-refractivity contribution < 1.29 is 18.3 Å². The summed E-state index contributed by atoms with van der Waals surface area (Å²) in [4.78, 5) is 0. The van der Waals surface area contributed by atoms with Gasteiger partial charge < -0.3 is 10.8 Å². The number of hydrogen-bond donors (Lipinski definition) is 2. The van der Waals surface area contributed by atoms with E-state index in [-0.39, 0.29) is 5.56 Å². The topological polar surface area (TPSA) is 46.2 Å². The van der Waals surface area contributed by atoms with Crippen LogP contribution in [0.4, 0.5) is 13.2 Å². The van der Waals surface area contributed by atoms with Crippen molar-refractivity contribution in [2.24, 2.45) is 5.73 Å². The molecule has 0 radical (unpaired) electrons. The quantitative estimate of drug-likeness (QED) is 0.832. The van der Waals surface area contributed by atoms with Gasteiger partial charge in [-0.15, -0.1) is 0 Å². The molecule has 0 amide bonds.